The molecular formula is C12H25N3O. The minimum absolute atomic E-state index is 0.325. The first-order valence-electron chi connectivity index (χ1n) is 6.44. The number of rotatable bonds is 7. The highest BCUT2D eigenvalue weighted by Crippen LogP contribution is 2.11. The molecule has 0 aliphatic carbocycles. The van der Waals surface area contributed by atoms with Crippen LogP contribution in [0.25, 0.3) is 0 Å². The van der Waals surface area contributed by atoms with Gasteiger partial charge in [-0.1, -0.05) is 6.92 Å². The fourth-order valence-corrected chi connectivity index (χ4v) is 2.22. The predicted molar refractivity (Wildman–Crippen MR) is 66.4 cm³/mol. The first kappa shape index (κ1) is 13.5. The summed E-state index contributed by atoms with van der Waals surface area (Å²) in [7, 11) is 1.93. The molecule has 0 spiro atoms. The molecule has 94 valence electrons. The van der Waals surface area contributed by atoms with Gasteiger partial charge in [0.05, 0.1) is 0 Å². The number of hydrogen-bond acceptors (Lipinski definition) is 3. The maximum atomic E-state index is 12.1. The van der Waals surface area contributed by atoms with Gasteiger partial charge in [-0.15, -0.1) is 0 Å². The second-order valence-corrected chi connectivity index (χ2v) is 4.44. The van der Waals surface area contributed by atoms with E-state index in [1.165, 1.54) is 0 Å². The lowest BCUT2D eigenvalue weighted by Gasteiger charge is -2.28. The fourth-order valence-electron chi connectivity index (χ4n) is 2.22. The molecule has 0 bridgehead atoms. The smallest absolute Gasteiger partial charge is 0.222 e. The maximum Gasteiger partial charge on any atom is 0.222 e. The van der Waals surface area contributed by atoms with Gasteiger partial charge in [-0.3, -0.25) is 4.79 Å². The van der Waals surface area contributed by atoms with Crippen LogP contribution in [0.15, 0.2) is 0 Å². The van der Waals surface area contributed by atoms with Crippen molar-refractivity contribution in [1.29, 1.82) is 0 Å². The van der Waals surface area contributed by atoms with Gasteiger partial charge in [-0.2, -0.15) is 0 Å². The van der Waals surface area contributed by atoms with Gasteiger partial charge in [0.2, 0.25) is 5.91 Å². The highest BCUT2D eigenvalue weighted by Gasteiger charge is 2.25. The highest BCUT2D eigenvalue weighted by molar-refractivity contribution is 5.76. The van der Waals surface area contributed by atoms with Crippen LogP contribution in [0, 0.1) is 0 Å². The molecule has 1 atom stereocenters. The number of carbonyl (C=O) groups excluding carboxylic acids is 1. The van der Waals surface area contributed by atoms with Gasteiger partial charge in [0.25, 0.3) is 0 Å². The predicted octanol–water partition coefficient (Wildman–Crippen LogP) is 0.587. The zero-order valence-corrected chi connectivity index (χ0v) is 10.6. The standard InChI is InChI=1S/C12H25N3O/c1-3-9-15(11-6-8-14-10-11)12(16)5-4-7-13-2/h11,13-14H,3-10H2,1-2H3. The average molecular weight is 227 g/mol. The first-order chi connectivity index (χ1) is 7.79. The molecule has 0 aromatic carbocycles. The number of amides is 1. The summed E-state index contributed by atoms with van der Waals surface area (Å²) in [5.41, 5.74) is 0. The van der Waals surface area contributed by atoms with Crippen LogP contribution in [-0.4, -0.2) is 50.1 Å². The van der Waals surface area contributed by atoms with Crippen molar-refractivity contribution in [3.05, 3.63) is 0 Å². The molecule has 1 aliphatic rings. The molecule has 0 aromatic heterocycles. The van der Waals surface area contributed by atoms with E-state index in [9.17, 15) is 4.79 Å². The van der Waals surface area contributed by atoms with Crippen LogP contribution in [0.5, 0.6) is 0 Å². The summed E-state index contributed by atoms with van der Waals surface area (Å²) in [4.78, 5) is 14.1. The van der Waals surface area contributed by atoms with Crippen molar-refractivity contribution < 1.29 is 4.79 Å². The van der Waals surface area contributed by atoms with Gasteiger partial charge in [-0.05, 0) is 39.4 Å². The molecule has 2 N–H and O–H groups in total. The van der Waals surface area contributed by atoms with E-state index in [1.54, 1.807) is 0 Å². The lowest BCUT2D eigenvalue weighted by atomic mass is 10.1. The van der Waals surface area contributed by atoms with Crippen LogP contribution in [0.1, 0.15) is 32.6 Å². The highest BCUT2D eigenvalue weighted by atomic mass is 16.2. The Bertz CT molecular complexity index is 202. The van der Waals surface area contributed by atoms with E-state index in [4.69, 9.17) is 0 Å². The van der Waals surface area contributed by atoms with Crippen molar-refractivity contribution >= 4 is 5.91 Å². The van der Waals surface area contributed by atoms with Gasteiger partial charge in [0, 0.05) is 25.6 Å². The van der Waals surface area contributed by atoms with Crippen LogP contribution < -0.4 is 10.6 Å². The molecule has 16 heavy (non-hydrogen) atoms. The molecule has 1 aliphatic heterocycles. The molecule has 1 rings (SSSR count). The van der Waals surface area contributed by atoms with Crippen molar-refractivity contribution in [3.8, 4) is 0 Å². The third kappa shape index (κ3) is 4.10. The van der Waals surface area contributed by atoms with E-state index in [1.807, 2.05) is 7.05 Å². The zero-order valence-electron chi connectivity index (χ0n) is 10.6. The minimum atomic E-state index is 0.325. The van der Waals surface area contributed by atoms with E-state index in [0.29, 0.717) is 18.4 Å². The number of nitrogens with zero attached hydrogens (tertiary/aromatic N) is 1. The van der Waals surface area contributed by atoms with E-state index >= 15 is 0 Å². The van der Waals surface area contributed by atoms with Crippen LogP contribution in [0.4, 0.5) is 0 Å². The topological polar surface area (TPSA) is 44.4 Å². The van der Waals surface area contributed by atoms with Gasteiger partial charge in [0.15, 0.2) is 0 Å². The number of hydrogen-bond donors (Lipinski definition) is 2. The van der Waals surface area contributed by atoms with Crippen molar-refractivity contribution in [2.24, 2.45) is 0 Å². The summed E-state index contributed by atoms with van der Waals surface area (Å²) in [5, 5.41) is 6.41. The molecule has 4 nitrogen and oxygen atoms in total. The fraction of sp³-hybridized carbons (Fsp3) is 0.917. The Hall–Kier alpha value is -0.610. The van der Waals surface area contributed by atoms with Crippen LogP contribution >= 0.6 is 0 Å². The first-order valence-corrected chi connectivity index (χ1v) is 6.44. The van der Waals surface area contributed by atoms with Crippen molar-refractivity contribution in [3.63, 3.8) is 0 Å². The molecule has 1 amide bonds. The number of nitrogens with one attached hydrogen (secondary N) is 2. The summed E-state index contributed by atoms with van der Waals surface area (Å²) in [5.74, 6) is 0.325. The molecular weight excluding hydrogens is 202 g/mol. The largest absolute Gasteiger partial charge is 0.338 e. The quantitative estimate of drug-likeness (QED) is 0.626. The summed E-state index contributed by atoms with van der Waals surface area (Å²) >= 11 is 0. The zero-order chi connectivity index (χ0) is 11.8. The van der Waals surface area contributed by atoms with Gasteiger partial charge in [0.1, 0.15) is 0 Å². The molecule has 1 heterocycles. The van der Waals surface area contributed by atoms with Crippen molar-refractivity contribution in [1.82, 2.24) is 15.5 Å². The monoisotopic (exact) mass is 227 g/mol. The molecule has 0 radical (unpaired) electrons. The molecule has 0 saturated carbocycles. The average Bonchev–Trinajstić information content (AvgIpc) is 2.79. The summed E-state index contributed by atoms with van der Waals surface area (Å²) < 4.78 is 0. The molecule has 1 unspecified atom stereocenters. The van der Waals surface area contributed by atoms with Gasteiger partial charge in [-0.25, -0.2) is 0 Å². The molecule has 0 aromatic rings. The summed E-state index contributed by atoms with van der Waals surface area (Å²) in [6.07, 6.45) is 3.78. The minimum Gasteiger partial charge on any atom is -0.338 e. The second-order valence-electron chi connectivity index (χ2n) is 4.44. The normalized spacial score (nSPS) is 20.0. The Kier molecular flexibility index (Phi) is 6.42. The lowest BCUT2D eigenvalue weighted by molar-refractivity contribution is -0.133. The lowest BCUT2D eigenvalue weighted by Crippen LogP contribution is -2.42. The Labute approximate surface area is 98.8 Å². The SMILES string of the molecule is CCCN(C(=O)CCCNC)C1CCNC1. The number of carbonyl (C=O) groups is 1. The van der Waals surface area contributed by atoms with E-state index in [0.717, 1.165) is 45.4 Å². The van der Waals surface area contributed by atoms with Crippen LogP contribution in [0.2, 0.25) is 0 Å². The third-order valence-electron chi connectivity index (χ3n) is 3.08. The molecule has 4 heteroatoms. The molecule has 1 saturated heterocycles. The van der Waals surface area contributed by atoms with Crippen molar-refractivity contribution in [2.75, 3.05) is 33.2 Å². The Morgan fingerprint density at radius 1 is 1.56 bits per heavy atom. The van der Waals surface area contributed by atoms with Crippen molar-refractivity contribution in [2.45, 2.75) is 38.6 Å². The van der Waals surface area contributed by atoms with Gasteiger partial charge >= 0.3 is 0 Å². The van der Waals surface area contributed by atoms with E-state index in [2.05, 4.69) is 22.5 Å². The van der Waals surface area contributed by atoms with Crippen LogP contribution in [-0.2, 0) is 4.79 Å². The Morgan fingerprint density at radius 3 is 2.94 bits per heavy atom. The Morgan fingerprint density at radius 2 is 2.38 bits per heavy atom. The Balaban J connectivity index is 2.38. The van der Waals surface area contributed by atoms with Gasteiger partial charge < -0.3 is 15.5 Å². The summed E-state index contributed by atoms with van der Waals surface area (Å²) in [6.45, 7) is 5.99. The molecule has 1 fully saturated rings. The van der Waals surface area contributed by atoms with Crippen LogP contribution in [0.3, 0.4) is 0 Å². The second kappa shape index (κ2) is 7.63. The third-order valence-corrected chi connectivity index (χ3v) is 3.08. The van der Waals surface area contributed by atoms with E-state index < -0.39 is 0 Å². The van der Waals surface area contributed by atoms with E-state index in [-0.39, 0.29) is 0 Å². The summed E-state index contributed by atoms with van der Waals surface area (Å²) in [6, 6.07) is 0.432. The maximum absolute atomic E-state index is 12.1.